The predicted octanol–water partition coefficient (Wildman–Crippen LogP) is 2.17. The lowest BCUT2D eigenvalue weighted by Crippen LogP contribution is -2.30. The first kappa shape index (κ1) is 19.3. The molecule has 1 amide bonds. The molecule has 0 saturated carbocycles. The minimum absolute atomic E-state index is 0.211. The number of aryl methyl sites for hydroxylation is 1. The molecular formula is C21H21FN8O. The minimum atomic E-state index is -0.517. The normalized spacial score (nSPS) is 16.4. The molecule has 4 aromatic heterocycles. The van der Waals surface area contributed by atoms with Crippen molar-refractivity contribution in [3.05, 3.63) is 54.0 Å². The lowest BCUT2D eigenvalue weighted by molar-refractivity contribution is 0.102. The van der Waals surface area contributed by atoms with Crippen molar-refractivity contribution in [1.29, 1.82) is 0 Å². The van der Waals surface area contributed by atoms with Gasteiger partial charge in [0, 0.05) is 49.2 Å². The van der Waals surface area contributed by atoms with E-state index in [2.05, 4.69) is 35.7 Å². The first-order valence-corrected chi connectivity index (χ1v) is 10.0. The molecule has 158 valence electrons. The highest BCUT2D eigenvalue weighted by Gasteiger charge is 2.25. The largest absolute Gasteiger partial charge is 0.354 e. The Morgan fingerprint density at radius 3 is 3.00 bits per heavy atom. The standard InChI is InChI=1S/C21H21FN8O/c1-12-9-30-11-14(7-17(22)20(30)26-12)27-21(31)16-8-24-19(15-3-5-25-28-18(15)16)29-6-4-13(10-29)23-2/h3,5,7-9,11,13,23H,4,6,10H2,1-2H3,(H,27,31). The molecule has 9 nitrogen and oxygen atoms in total. The number of carbonyl (C=O) groups is 1. The number of pyridine rings is 2. The maximum absolute atomic E-state index is 14.4. The quantitative estimate of drug-likeness (QED) is 0.522. The molecule has 4 aromatic rings. The smallest absolute Gasteiger partial charge is 0.259 e. The summed E-state index contributed by atoms with van der Waals surface area (Å²) in [5.74, 6) is -0.174. The number of nitrogens with one attached hydrogen (secondary N) is 2. The van der Waals surface area contributed by atoms with E-state index in [4.69, 9.17) is 0 Å². The summed E-state index contributed by atoms with van der Waals surface area (Å²) in [5, 5.41) is 14.9. The Kier molecular flexibility index (Phi) is 4.70. The maximum Gasteiger partial charge on any atom is 0.259 e. The zero-order chi connectivity index (χ0) is 21.5. The molecule has 0 aliphatic carbocycles. The van der Waals surface area contributed by atoms with Crippen molar-refractivity contribution in [2.24, 2.45) is 0 Å². The maximum atomic E-state index is 14.4. The fraction of sp³-hybridized carbons (Fsp3) is 0.286. The van der Waals surface area contributed by atoms with Crippen molar-refractivity contribution in [2.45, 2.75) is 19.4 Å². The van der Waals surface area contributed by atoms with E-state index in [1.165, 1.54) is 12.3 Å². The van der Waals surface area contributed by atoms with E-state index in [1.54, 1.807) is 29.9 Å². The zero-order valence-corrected chi connectivity index (χ0v) is 17.1. The number of rotatable bonds is 4. The minimum Gasteiger partial charge on any atom is -0.354 e. The van der Waals surface area contributed by atoms with Crippen LogP contribution in [0, 0.1) is 12.7 Å². The van der Waals surface area contributed by atoms with Gasteiger partial charge in [0.1, 0.15) is 11.3 Å². The van der Waals surface area contributed by atoms with Crippen molar-refractivity contribution in [3.8, 4) is 0 Å². The summed E-state index contributed by atoms with van der Waals surface area (Å²) in [5.41, 5.74) is 1.94. The average Bonchev–Trinajstić information content (AvgIpc) is 3.39. The van der Waals surface area contributed by atoms with Crippen LogP contribution in [0.3, 0.4) is 0 Å². The summed E-state index contributed by atoms with van der Waals surface area (Å²) in [6, 6.07) is 3.46. The van der Waals surface area contributed by atoms with Gasteiger partial charge in [-0.25, -0.2) is 14.4 Å². The number of anilines is 2. The molecule has 2 N–H and O–H groups in total. The van der Waals surface area contributed by atoms with Gasteiger partial charge in [0.15, 0.2) is 11.5 Å². The van der Waals surface area contributed by atoms with Crippen molar-refractivity contribution in [3.63, 3.8) is 0 Å². The summed E-state index contributed by atoms with van der Waals surface area (Å²) in [7, 11) is 1.95. The van der Waals surface area contributed by atoms with Crippen LogP contribution >= 0.6 is 0 Å². The average molecular weight is 420 g/mol. The van der Waals surface area contributed by atoms with E-state index in [0.717, 1.165) is 30.7 Å². The molecule has 0 spiro atoms. The van der Waals surface area contributed by atoms with E-state index in [0.29, 0.717) is 22.9 Å². The predicted molar refractivity (Wildman–Crippen MR) is 115 cm³/mol. The molecule has 0 radical (unpaired) electrons. The molecule has 0 aromatic carbocycles. The monoisotopic (exact) mass is 420 g/mol. The number of hydrogen-bond acceptors (Lipinski definition) is 7. The molecule has 5 rings (SSSR count). The number of nitrogens with zero attached hydrogens (tertiary/aromatic N) is 6. The van der Waals surface area contributed by atoms with Crippen molar-refractivity contribution >= 4 is 34.0 Å². The Morgan fingerprint density at radius 2 is 2.19 bits per heavy atom. The molecule has 10 heteroatoms. The van der Waals surface area contributed by atoms with Gasteiger partial charge >= 0.3 is 0 Å². The lowest BCUT2D eigenvalue weighted by Gasteiger charge is -2.19. The Morgan fingerprint density at radius 1 is 1.32 bits per heavy atom. The molecule has 1 unspecified atom stereocenters. The van der Waals surface area contributed by atoms with Crippen LogP contribution < -0.4 is 15.5 Å². The number of halogens is 1. The van der Waals surface area contributed by atoms with Crippen molar-refractivity contribution in [1.82, 2.24) is 29.9 Å². The summed E-state index contributed by atoms with van der Waals surface area (Å²) >= 11 is 0. The Balaban J connectivity index is 1.49. The van der Waals surface area contributed by atoms with Gasteiger partial charge < -0.3 is 19.9 Å². The van der Waals surface area contributed by atoms with Crippen LogP contribution in [0.15, 0.2) is 36.9 Å². The van der Waals surface area contributed by atoms with Gasteiger partial charge in [0.05, 0.1) is 23.1 Å². The van der Waals surface area contributed by atoms with Crippen LogP contribution in [-0.2, 0) is 0 Å². The number of hydrogen-bond donors (Lipinski definition) is 2. The van der Waals surface area contributed by atoms with E-state index in [9.17, 15) is 9.18 Å². The first-order chi connectivity index (χ1) is 15.0. The highest BCUT2D eigenvalue weighted by atomic mass is 19.1. The molecular weight excluding hydrogens is 399 g/mol. The van der Waals surface area contributed by atoms with Crippen LogP contribution in [-0.4, -0.2) is 56.7 Å². The SMILES string of the molecule is CNC1CCN(c2ncc(C(=O)Nc3cc(F)c4nc(C)cn4c3)c3nnccc23)C1. The second-order valence-electron chi connectivity index (χ2n) is 7.65. The Labute approximate surface area is 177 Å². The van der Waals surface area contributed by atoms with Gasteiger partial charge in [-0.15, -0.1) is 5.10 Å². The van der Waals surface area contributed by atoms with E-state index < -0.39 is 11.7 Å². The number of carbonyl (C=O) groups excluding carboxylic acids is 1. The third-order valence-corrected chi connectivity index (χ3v) is 5.56. The molecule has 1 atom stereocenters. The second-order valence-corrected chi connectivity index (χ2v) is 7.65. The first-order valence-electron chi connectivity index (χ1n) is 10.0. The van der Waals surface area contributed by atoms with Crippen molar-refractivity contribution in [2.75, 3.05) is 30.4 Å². The zero-order valence-electron chi connectivity index (χ0n) is 17.1. The fourth-order valence-electron chi connectivity index (χ4n) is 4.02. The lowest BCUT2D eigenvalue weighted by atomic mass is 10.1. The molecule has 1 aliphatic rings. The molecule has 1 aliphatic heterocycles. The van der Waals surface area contributed by atoms with Crippen LogP contribution in [0.1, 0.15) is 22.5 Å². The summed E-state index contributed by atoms with van der Waals surface area (Å²) in [6.45, 7) is 3.48. The van der Waals surface area contributed by atoms with Crippen LogP contribution in [0.5, 0.6) is 0 Å². The van der Waals surface area contributed by atoms with E-state index in [-0.39, 0.29) is 11.2 Å². The Hall–Kier alpha value is -3.66. The highest BCUT2D eigenvalue weighted by Crippen LogP contribution is 2.28. The summed E-state index contributed by atoms with van der Waals surface area (Å²) in [6.07, 6.45) is 7.42. The van der Waals surface area contributed by atoms with E-state index >= 15 is 0 Å². The van der Waals surface area contributed by atoms with Crippen molar-refractivity contribution < 1.29 is 9.18 Å². The fourth-order valence-corrected chi connectivity index (χ4v) is 4.02. The number of imidazole rings is 1. The highest BCUT2D eigenvalue weighted by molar-refractivity contribution is 6.13. The number of amides is 1. The van der Waals surface area contributed by atoms with E-state index in [1.807, 2.05) is 13.1 Å². The molecule has 31 heavy (non-hydrogen) atoms. The van der Waals surface area contributed by atoms with Crippen LogP contribution in [0.4, 0.5) is 15.9 Å². The van der Waals surface area contributed by atoms with Gasteiger partial charge in [0.2, 0.25) is 0 Å². The van der Waals surface area contributed by atoms with Crippen LogP contribution in [0.25, 0.3) is 16.6 Å². The van der Waals surface area contributed by atoms with Gasteiger partial charge in [-0.1, -0.05) is 0 Å². The van der Waals surface area contributed by atoms with Gasteiger partial charge in [-0.3, -0.25) is 4.79 Å². The number of likely N-dealkylation sites (N-methyl/N-ethyl adjacent to an activating group) is 1. The second kappa shape index (κ2) is 7.55. The molecule has 0 bridgehead atoms. The Bertz CT molecular complexity index is 1300. The third kappa shape index (κ3) is 3.44. The molecule has 5 heterocycles. The van der Waals surface area contributed by atoms with Gasteiger partial charge in [-0.2, -0.15) is 5.10 Å². The summed E-state index contributed by atoms with van der Waals surface area (Å²) in [4.78, 5) is 23.9. The topological polar surface area (TPSA) is 100 Å². The summed E-state index contributed by atoms with van der Waals surface area (Å²) < 4.78 is 15.9. The van der Waals surface area contributed by atoms with Gasteiger partial charge in [0.25, 0.3) is 5.91 Å². The molecule has 1 fully saturated rings. The third-order valence-electron chi connectivity index (χ3n) is 5.56. The number of aromatic nitrogens is 5. The van der Waals surface area contributed by atoms with Gasteiger partial charge in [-0.05, 0) is 26.5 Å². The van der Waals surface area contributed by atoms with Crippen LogP contribution in [0.2, 0.25) is 0 Å². The number of fused-ring (bicyclic) bond motifs is 2. The molecule has 1 saturated heterocycles.